The molecule has 0 atom stereocenters. The largest absolute Gasteiger partial charge is 0.487 e. The van der Waals surface area contributed by atoms with E-state index in [2.05, 4.69) is 15.4 Å². The SMILES string of the molecule is Cc1cc(OCc2cnc(NN)cn2)ccc1[N+](=O)[O-]. The number of hydrogen-bond donors (Lipinski definition) is 2. The van der Waals surface area contributed by atoms with Gasteiger partial charge in [0.15, 0.2) is 5.82 Å². The second-order valence-electron chi connectivity index (χ2n) is 4.03. The van der Waals surface area contributed by atoms with Crippen LogP contribution >= 0.6 is 0 Å². The van der Waals surface area contributed by atoms with E-state index in [9.17, 15) is 10.1 Å². The maximum absolute atomic E-state index is 10.7. The lowest BCUT2D eigenvalue weighted by atomic mass is 10.2. The number of nitro benzene ring substituents is 1. The first-order valence-corrected chi connectivity index (χ1v) is 5.75. The molecule has 0 unspecified atom stereocenters. The quantitative estimate of drug-likeness (QED) is 0.483. The molecule has 0 aliphatic rings. The number of ether oxygens (including phenoxy) is 1. The van der Waals surface area contributed by atoms with E-state index in [1.165, 1.54) is 18.5 Å². The van der Waals surface area contributed by atoms with Crippen molar-refractivity contribution in [1.29, 1.82) is 0 Å². The van der Waals surface area contributed by atoms with E-state index in [0.717, 1.165) is 0 Å². The number of nitrogens with two attached hydrogens (primary N) is 1. The highest BCUT2D eigenvalue weighted by Crippen LogP contribution is 2.23. The van der Waals surface area contributed by atoms with Gasteiger partial charge in [-0.05, 0) is 19.1 Å². The van der Waals surface area contributed by atoms with E-state index in [1.807, 2.05) is 0 Å². The Morgan fingerprint density at radius 3 is 2.75 bits per heavy atom. The van der Waals surface area contributed by atoms with E-state index in [4.69, 9.17) is 10.6 Å². The first kappa shape index (κ1) is 13.7. The third-order valence-electron chi connectivity index (χ3n) is 2.60. The van der Waals surface area contributed by atoms with Gasteiger partial charge in [0, 0.05) is 11.6 Å². The van der Waals surface area contributed by atoms with Crippen molar-refractivity contribution in [2.75, 3.05) is 5.43 Å². The highest BCUT2D eigenvalue weighted by molar-refractivity contribution is 5.44. The van der Waals surface area contributed by atoms with Gasteiger partial charge >= 0.3 is 0 Å². The van der Waals surface area contributed by atoms with Crippen molar-refractivity contribution in [3.63, 3.8) is 0 Å². The van der Waals surface area contributed by atoms with Crippen LogP contribution in [0.4, 0.5) is 11.5 Å². The summed E-state index contributed by atoms with van der Waals surface area (Å²) in [6, 6.07) is 4.58. The van der Waals surface area contributed by atoms with Gasteiger partial charge in [-0.1, -0.05) is 0 Å². The van der Waals surface area contributed by atoms with Crippen LogP contribution in [0, 0.1) is 17.0 Å². The minimum absolute atomic E-state index is 0.0653. The molecule has 20 heavy (non-hydrogen) atoms. The highest BCUT2D eigenvalue weighted by Gasteiger charge is 2.10. The Bertz CT molecular complexity index is 615. The molecule has 104 valence electrons. The van der Waals surface area contributed by atoms with Crippen LogP contribution in [0.25, 0.3) is 0 Å². The fraction of sp³-hybridized carbons (Fsp3) is 0.167. The predicted molar refractivity (Wildman–Crippen MR) is 72.0 cm³/mol. The Hall–Kier alpha value is -2.74. The van der Waals surface area contributed by atoms with Crippen LogP contribution in [0.15, 0.2) is 30.6 Å². The zero-order valence-corrected chi connectivity index (χ0v) is 10.7. The fourth-order valence-electron chi connectivity index (χ4n) is 1.58. The Morgan fingerprint density at radius 2 is 2.20 bits per heavy atom. The second-order valence-corrected chi connectivity index (χ2v) is 4.03. The van der Waals surface area contributed by atoms with Crippen molar-refractivity contribution < 1.29 is 9.66 Å². The molecule has 0 aliphatic heterocycles. The van der Waals surface area contributed by atoms with Gasteiger partial charge in [-0.3, -0.25) is 15.1 Å². The number of hydrogen-bond acceptors (Lipinski definition) is 7. The topological polar surface area (TPSA) is 116 Å². The molecule has 2 rings (SSSR count). The van der Waals surface area contributed by atoms with Crippen molar-refractivity contribution in [2.45, 2.75) is 13.5 Å². The maximum atomic E-state index is 10.7. The number of nitrogens with zero attached hydrogens (tertiary/aromatic N) is 3. The van der Waals surface area contributed by atoms with Crippen molar-refractivity contribution in [3.05, 3.63) is 52.0 Å². The summed E-state index contributed by atoms with van der Waals surface area (Å²) in [5.74, 6) is 6.18. The van der Waals surface area contributed by atoms with E-state index >= 15 is 0 Å². The number of nitrogens with one attached hydrogen (secondary N) is 1. The summed E-state index contributed by atoms with van der Waals surface area (Å²) in [6.45, 7) is 1.88. The molecule has 0 fully saturated rings. The normalized spacial score (nSPS) is 10.1. The first-order chi connectivity index (χ1) is 9.60. The van der Waals surface area contributed by atoms with Gasteiger partial charge in [0.2, 0.25) is 0 Å². The summed E-state index contributed by atoms with van der Waals surface area (Å²) in [5, 5.41) is 10.7. The van der Waals surface area contributed by atoms with E-state index in [0.29, 0.717) is 22.8 Å². The molecule has 1 aromatic heterocycles. The molecule has 8 nitrogen and oxygen atoms in total. The average molecular weight is 275 g/mol. The molecule has 1 aromatic carbocycles. The molecular formula is C12H13N5O3. The van der Waals surface area contributed by atoms with E-state index in [-0.39, 0.29) is 12.3 Å². The number of nitrogen functional groups attached to an aromatic ring is 1. The molecule has 3 N–H and O–H groups in total. The van der Waals surface area contributed by atoms with Gasteiger partial charge < -0.3 is 10.2 Å². The minimum atomic E-state index is -0.427. The van der Waals surface area contributed by atoms with Crippen LogP contribution in [-0.2, 0) is 6.61 Å². The van der Waals surface area contributed by atoms with Crippen LogP contribution in [0.5, 0.6) is 5.75 Å². The zero-order valence-electron chi connectivity index (χ0n) is 10.7. The van der Waals surface area contributed by atoms with Crippen LogP contribution in [-0.4, -0.2) is 14.9 Å². The third kappa shape index (κ3) is 3.18. The number of nitro groups is 1. The highest BCUT2D eigenvalue weighted by atomic mass is 16.6. The second kappa shape index (κ2) is 5.93. The van der Waals surface area contributed by atoms with Crippen molar-refractivity contribution in [3.8, 4) is 5.75 Å². The summed E-state index contributed by atoms with van der Waals surface area (Å²) < 4.78 is 5.50. The standard InChI is InChI=1S/C12H13N5O3/c1-8-4-10(2-3-11(8)17(18)19)20-7-9-5-15-12(16-13)6-14-9/h2-6H,7,13H2,1H3,(H,15,16). The summed E-state index contributed by atoms with van der Waals surface area (Å²) in [5.41, 5.74) is 3.61. The minimum Gasteiger partial charge on any atom is -0.487 e. The lowest BCUT2D eigenvalue weighted by molar-refractivity contribution is -0.385. The van der Waals surface area contributed by atoms with Gasteiger partial charge in [-0.25, -0.2) is 10.8 Å². The lowest BCUT2D eigenvalue weighted by Crippen LogP contribution is -2.09. The van der Waals surface area contributed by atoms with Gasteiger partial charge in [0.25, 0.3) is 5.69 Å². The Labute approximate surface area is 114 Å². The van der Waals surface area contributed by atoms with Gasteiger partial charge in [0.1, 0.15) is 12.4 Å². The third-order valence-corrected chi connectivity index (χ3v) is 2.60. The molecule has 2 aromatic rings. The van der Waals surface area contributed by atoms with Crippen molar-refractivity contribution in [1.82, 2.24) is 9.97 Å². The number of aryl methyl sites for hydroxylation is 1. The van der Waals surface area contributed by atoms with E-state index in [1.54, 1.807) is 19.1 Å². The number of rotatable bonds is 5. The summed E-state index contributed by atoms with van der Waals surface area (Å²) in [7, 11) is 0. The smallest absolute Gasteiger partial charge is 0.272 e. The van der Waals surface area contributed by atoms with Gasteiger partial charge in [0.05, 0.1) is 23.0 Å². The molecule has 0 bridgehead atoms. The predicted octanol–water partition coefficient (Wildman–Crippen LogP) is 1.56. The number of aromatic nitrogens is 2. The molecular weight excluding hydrogens is 262 g/mol. The summed E-state index contributed by atoms with van der Waals surface area (Å²) in [4.78, 5) is 18.4. The van der Waals surface area contributed by atoms with Crippen LogP contribution < -0.4 is 16.0 Å². The molecule has 0 amide bonds. The van der Waals surface area contributed by atoms with Crippen LogP contribution in [0.3, 0.4) is 0 Å². The van der Waals surface area contributed by atoms with Crippen molar-refractivity contribution >= 4 is 11.5 Å². The monoisotopic (exact) mass is 275 g/mol. The van der Waals surface area contributed by atoms with Gasteiger partial charge in [-0.15, -0.1) is 0 Å². The Balaban J connectivity index is 2.03. The Morgan fingerprint density at radius 1 is 1.40 bits per heavy atom. The number of hydrazine groups is 1. The number of benzene rings is 1. The fourth-order valence-corrected chi connectivity index (χ4v) is 1.58. The first-order valence-electron chi connectivity index (χ1n) is 5.75. The van der Waals surface area contributed by atoms with Crippen LogP contribution in [0.2, 0.25) is 0 Å². The van der Waals surface area contributed by atoms with Crippen LogP contribution in [0.1, 0.15) is 11.3 Å². The maximum Gasteiger partial charge on any atom is 0.272 e. The molecule has 8 heteroatoms. The molecule has 0 aliphatic carbocycles. The molecule has 1 heterocycles. The summed E-state index contributed by atoms with van der Waals surface area (Å²) in [6.07, 6.45) is 3.02. The Kier molecular flexibility index (Phi) is 4.06. The van der Waals surface area contributed by atoms with Gasteiger partial charge in [-0.2, -0.15) is 0 Å². The summed E-state index contributed by atoms with van der Waals surface area (Å²) >= 11 is 0. The van der Waals surface area contributed by atoms with E-state index < -0.39 is 4.92 Å². The molecule has 0 saturated carbocycles. The molecule has 0 saturated heterocycles. The van der Waals surface area contributed by atoms with Crippen molar-refractivity contribution in [2.24, 2.45) is 5.84 Å². The zero-order chi connectivity index (χ0) is 14.5. The lowest BCUT2D eigenvalue weighted by Gasteiger charge is -2.07. The molecule has 0 spiro atoms. The average Bonchev–Trinajstić information content (AvgIpc) is 2.45. The molecule has 0 radical (unpaired) electrons. The number of anilines is 1.